The fourth-order valence-corrected chi connectivity index (χ4v) is 6.71. The van der Waals surface area contributed by atoms with Crippen LogP contribution in [0.1, 0.15) is 19.8 Å². The summed E-state index contributed by atoms with van der Waals surface area (Å²) < 4.78 is 17.6. The Kier molecular flexibility index (Phi) is 4.74. The number of nitrogens with zero attached hydrogens (tertiary/aromatic N) is 3. The summed E-state index contributed by atoms with van der Waals surface area (Å²) in [6, 6.07) is 17.9. The van der Waals surface area contributed by atoms with Gasteiger partial charge in [0.15, 0.2) is 11.3 Å². The Morgan fingerprint density at radius 2 is 1.76 bits per heavy atom. The molecule has 2 unspecified atom stereocenters. The van der Waals surface area contributed by atoms with Crippen molar-refractivity contribution in [1.29, 1.82) is 0 Å². The molecule has 3 fully saturated rings. The maximum atomic E-state index is 14.0. The topological polar surface area (TPSA) is 106 Å². The average molecular weight is 510 g/mol. The summed E-state index contributed by atoms with van der Waals surface area (Å²) in [6.07, 6.45) is -0.404. The molecule has 0 spiro atoms. The summed E-state index contributed by atoms with van der Waals surface area (Å²) in [5, 5.41) is 17.1. The first-order chi connectivity index (χ1) is 18.4. The number of para-hydroxylation sites is 1. The Morgan fingerprint density at radius 3 is 2.55 bits per heavy atom. The fraction of sp³-hybridized carbons (Fsp3) is 0.310. The highest BCUT2D eigenvalue weighted by atomic mass is 16.6. The van der Waals surface area contributed by atoms with Gasteiger partial charge in [0.1, 0.15) is 5.60 Å². The van der Waals surface area contributed by atoms with Crippen LogP contribution < -0.4 is 9.64 Å². The van der Waals surface area contributed by atoms with E-state index in [0.717, 1.165) is 5.39 Å². The van der Waals surface area contributed by atoms with Gasteiger partial charge >= 0.3 is 0 Å². The molecule has 9 heteroatoms. The van der Waals surface area contributed by atoms with E-state index >= 15 is 0 Å². The van der Waals surface area contributed by atoms with Crippen LogP contribution in [0.5, 0.6) is 5.88 Å². The van der Waals surface area contributed by atoms with E-state index in [9.17, 15) is 14.7 Å². The number of aliphatic hydroxyl groups excluding tert-OH is 1. The van der Waals surface area contributed by atoms with Gasteiger partial charge in [0.25, 0.3) is 5.88 Å². The van der Waals surface area contributed by atoms with Crippen LogP contribution >= 0.6 is 0 Å². The quantitative estimate of drug-likeness (QED) is 0.314. The number of aromatic nitrogens is 1. The zero-order valence-corrected chi connectivity index (χ0v) is 20.5. The van der Waals surface area contributed by atoms with Crippen LogP contribution in [0, 0.1) is 18.4 Å². The molecular weight excluding hydrogens is 486 g/mol. The standard InChI is InChI=1S/C29H23N3O6/c1-28-22(33)15-29(38-28,13-14-36-25-18-9-5-6-10-21(18)37-31-25)24-23(28)26(34)32(27(24)35)20-12-11-19(30-2)16-7-3-4-8-17(16)20/h3-12,22-24,33H,13-15H2,1H3/t22-,23-,24+,28?,29?/m0/s1. The van der Waals surface area contributed by atoms with E-state index in [1.165, 1.54) is 4.90 Å². The molecule has 3 aromatic carbocycles. The highest BCUT2D eigenvalue weighted by Gasteiger charge is 2.77. The molecule has 3 aliphatic heterocycles. The van der Waals surface area contributed by atoms with Gasteiger partial charge in [0, 0.05) is 12.8 Å². The SMILES string of the molecule is [C-]#[N+]c1ccc(N2C(=O)[C@@H]3[C@H](C2=O)C2(CCOc4noc5ccccc45)C[C@H](O)C3(C)O2)c2ccccc12. The van der Waals surface area contributed by atoms with Crippen molar-refractivity contribution in [3.63, 3.8) is 0 Å². The zero-order chi connectivity index (χ0) is 26.2. The lowest BCUT2D eigenvalue weighted by atomic mass is 9.66. The predicted octanol–water partition coefficient (Wildman–Crippen LogP) is 4.40. The van der Waals surface area contributed by atoms with Gasteiger partial charge in [-0.1, -0.05) is 42.5 Å². The number of rotatable bonds is 5. The van der Waals surface area contributed by atoms with Crippen molar-refractivity contribution >= 4 is 44.9 Å². The van der Waals surface area contributed by atoms with Crippen LogP contribution in [0.15, 0.2) is 65.2 Å². The van der Waals surface area contributed by atoms with Crippen molar-refractivity contribution in [3.8, 4) is 5.88 Å². The molecule has 2 amide bonds. The van der Waals surface area contributed by atoms with E-state index in [1.807, 2.05) is 42.5 Å². The Hall–Kier alpha value is -4.26. The second kappa shape index (κ2) is 7.87. The van der Waals surface area contributed by atoms with Gasteiger partial charge in [0.2, 0.25) is 11.8 Å². The molecule has 0 radical (unpaired) electrons. The first-order valence-corrected chi connectivity index (χ1v) is 12.5. The molecule has 3 aliphatic rings. The monoisotopic (exact) mass is 509 g/mol. The number of anilines is 1. The number of fused-ring (bicyclic) bond motifs is 7. The molecule has 38 heavy (non-hydrogen) atoms. The van der Waals surface area contributed by atoms with Gasteiger partial charge < -0.3 is 19.1 Å². The lowest BCUT2D eigenvalue weighted by Gasteiger charge is -2.33. The van der Waals surface area contributed by atoms with E-state index in [-0.39, 0.29) is 25.4 Å². The lowest BCUT2D eigenvalue weighted by Crippen LogP contribution is -2.49. The second-order valence-electron chi connectivity index (χ2n) is 10.4. The predicted molar refractivity (Wildman–Crippen MR) is 137 cm³/mol. The molecule has 5 atom stereocenters. The number of ether oxygens (including phenoxy) is 2. The van der Waals surface area contributed by atoms with Crippen LogP contribution in [0.2, 0.25) is 0 Å². The Bertz CT molecular complexity index is 1690. The maximum Gasteiger partial charge on any atom is 0.262 e. The van der Waals surface area contributed by atoms with Gasteiger partial charge in [-0.25, -0.2) is 9.74 Å². The van der Waals surface area contributed by atoms with E-state index in [2.05, 4.69) is 10.0 Å². The van der Waals surface area contributed by atoms with Crippen molar-refractivity contribution in [1.82, 2.24) is 5.16 Å². The number of carbonyl (C=O) groups is 2. The highest BCUT2D eigenvalue weighted by Crippen LogP contribution is 2.62. The van der Waals surface area contributed by atoms with Crippen LogP contribution in [0.3, 0.4) is 0 Å². The summed E-state index contributed by atoms with van der Waals surface area (Å²) in [5.41, 5.74) is -0.769. The molecule has 4 heterocycles. The molecule has 3 saturated heterocycles. The highest BCUT2D eigenvalue weighted by molar-refractivity contribution is 6.26. The number of hydrogen-bond donors (Lipinski definition) is 1. The molecule has 0 saturated carbocycles. The third-order valence-corrected chi connectivity index (χ3v) is 8.46. The minimum absolute atomic E-state index is 0.159. The number of hydrogen-bond acceptors (Lipinski definition) is 7. The summed E-state index contributed by atoms with van der Waals surface area (Å²) >= 11 is 0. The molecule has 9 nitrogen and oxygen atoms in total. The van der Waals surface area contributed by atoms with Gasteiger partial charge in [-0.15, -0.1) is 0 Å². The van der Waals surface area contributed by atoms with Crippen molar-refractivity contribution in [2.75, 3.05) is 11.5 Å². The first kappa shape index (κ1) is 22.9. The van der Waals surface area contributed by atoms with E-state index in [0.29, 0.717) is 33.6 Å². The summed E-state index contributed by atoms with van der Waals surface area (Å²) in [7, 11) is 0. The van der Waals surface area contributed by atoms with Crippen LogP contribution in [-0.2, 0) is 14.3 Å². The van der Waals surface area contributed by atoms with Crippen molar-refractivity contribution in [2.24, 2.45) is 11.8 Å². The lowest BCUT2D eigenvalue weighted by molar-refractivity contribution is -0.134. The molecular formula is C29H23N3O6. The molecule has 7 rings (SSSR count). The Balaban J connectivity index is 1.23. The third kappa shape index (κ3) is 2.90. The van der Waals surface area contributed by atoms with E-state index in [4.69, 9.17) is 20.6 Å². The number of aliphatic hydroxyl groups is 1. The zero-order valence-electron chi connectivity index (χ0n) is 20.5. The molecule has 4 aromatic rings. The number of benzene rings is 3. The van der Waals surface area contributed by atoms with Gasteiger partial charge in [0.05, 0.1) is 47.8 Å². The normalized spacial score (nSPS) is 29.8. The molecule has 190 valence electrons. The molecule has 1 aromatic heterocycles. The van der Waals surface area contributed by atoms with Crippen molar-refractivity contribution < 1.29 is 28.7 Å². The Labute approximate surface area is 217 Å². The number of amides is 2. The smallest absolute Gasteiger partial charge is 0.262 e. The maximum absolute atomic E-state index is 14.0. The van der Waals surface area contributed by atoms with Crippen LogP contribution in [0.25, 0.3) is 26.6 Å². The molecule has 2 bridgehead atoms. The fourth-order valence-electron chi connectivity index (χ4n) is 6.71. The van der Waals surface area contributed by atoms with Gasteiger partial charge in [-0.05, 0) is 41.1 Å². The van der Waals surface area contributed by atoms with Gasteiger partial charge in [-0.3, -0.25) is 9.59 Å². The first-order valence-electron chi connectivity index (χ1n) is 12.5. The van der Waals surface area contributed by atoms with Gasteiger partial charge in [-0.2, -0.15) is 0 Å². The largest absolute Gasteiger partial charge is 0.475 e. The van der Waals surface area contributed by atoms with Crippen LogP contribution in [0.4, 0.5) is 11.4 Å². The summed E-state index contributed by atoms with van der Waals surface area (Å²) in [5.74, 6) is -2.00. The van der Waals surface area contributed by atoms with Crippen LogP contribution in [-0.4, -0.2) is 46.0 Å². The van der Waals surface area contributed by atoms with E-state index in [1.54, 1.807) is 25.1 Å². The minimum atomic E-state index is -1.20. The van der Waals surface area contributed by atoms with Crippen molar-refractivity contribution in [3.05, 3.63) is 72.1 Å². The molecule has 0 aliphatic carbocycles. The summed E-state index contributed by atoms with van der Waals surface area (Å²) in [4.78, 5) is 32.7. The third-order valence-electron chi connectivity index (χ3n) is 8.46. The summed E-state index contributed by atoms with van der Waals surface area (Å²) in [6.45, 7) is 9.37. The molecule has 1 N–H and O–H groups in total. The number of imide groups is 1. The van der Waals surface area contributed by atoms with E-state index < -0.39 is 35.0 Å². The average Bonchev–Trinajstić information content (AvgIpc) is 3.61. The Morgan fingerprint density at radius 1 is 1.05 bits per heavy atom. The van der Waals surface area contributed by atoms with Crippen molar-refractivity contribution in [2.45, 2.75) is 37.1 Å². The number of carbonyl (C=O) groups excluding carboxylic acids is 2. The minimum Gasteiger partial charge on any atom is -0.475 e. The second-order valence-corrected chi connectivity index (χ2v) is 10.4.